The van der Waals surface area contributed by atoms with Gasteiger partial charge in [0.2, 0.25) is 0 Å². The zero-order valence-corrected chi connectivity index (χ0v) is 14.2. The molecule has 1 atom stereocenters. The summed E-state index contributed by atoms with van der Waals surface area (Å²) in [6.07, 6.45) is 1.27. The molecule has 0 aliphatic rings. The third-order valence-electron chi connectivity index (χ3n) is 4.13. The van der Waals surface area contributed by atoms with E-state index in [4.69, 9.17) is 4.74 Å². The summed E-state index contributed by atoms with van der Waals surface area (Å²) < 4.78 is 8.40. The van der Waals surface area contributed by atoms with Crippen LogP contribution in [0.5, 0.6) is 5.75 Å². The topological polar surface area (TPSA) is 26.2 Å². The van der Waals surface area contributed by atoms with E-state index in [1.165, 1.54) is 22.2 Å². The van der Waals surface area contributed by atoms with Gasteiger partial charge in [0.05, 0.1) is 6.10 Å². The predicted octanol–water partition coefficient (Wildman–Crippen LogP) is 4.43. The van der Waals surface area contributed by atoms with Gasteiger partial charge in [-0.3, -0.25) is 0 Å². The molecule has 3 nitrogen and oxygen atoms in total. The predicted molar refractivity (Wildman–Crippen MR) is 90.2 cm³/mol. The molecule has 2 rings (SSSR count). The van der Waals surface area contributed by atoms with Gasteiger partial charge in [0.25, 0.3) is 0 Å². The van der Waals surface area contributed by atoms with Crippen molar-refractivity contribution in [3.63, 3.8) is 0 Å². The number of hydrogen-bond donors (Lipinski definition) is 1. The van der Waals surface area contributed by atoms with Gasteiger partial charge in [0.1, 0.15) is 5.75 Å². The van der Waals surface area contributed by atoms with Gasteiger partial charge < -0.3 is 14.6 Å². The van der Waals surface area contributed by atoms with E-state index in [0.717, 1.165) is 18.7 Å². The lowest BCUT2D eigenvalue weighted by Gasteiger charge is -2.14. The van der Waals surface area contributed by atoms with Gasteiger partial charge in [-0.25, -0.2) is 0 Å². The molecular weight excluding hydrogens is 260 g/mol. The van der Waals surface area contributed by atoms with E-state index in [0.29, 0.717) is 6.04 Å². The van der Waals surface area contributed by atoms with Crippen molar-refractivity contribution in [2.24, 2.45) is 0 Å². The molecule has 0 radical (unpaired) electrons. The Morgan fingerprint density at radius 3 is 2.52 bits per heavy atom. The number of fused-ring (bicyclic) bond motifs is 1. The van der Waals surface area contributed by atoms with E-state index < -0.39 is 0 Å². The lowest BCUT2D eigenvalue weighted by molar-refractivity contribution is 0.217. The molecular formula is C18H28N2O. The lowest BCUT2D eigenvalue weighted by Crippen LogP contribution is -2.09. The van der Waals surface area contributed by atoms with Crippen molar-refractivity contribution < 1.29 is 4.74 Å². The first kappa shape index (κ1) is 15.9. The molecule has 0 spiro atoms. The quantitative estimate of drug-likeness (QED) is 0.851. The standard InChI is InChI=1S/C18H28N2O/c1-7-13(4)21-15-8-9-18-16(10-15)17(11-19-6)14(5)20(18)12(2)3/h8-10,12-13,19H,7,11H2,1-6H3/t13-/m0/s1. The van der Waals surface area contributed by atoms with Crippen LogP contribution in [0.2, 0.25) is 0 Å². The Labute approximate surface area is 128 Å². The van der Waals surface area contributed by atoms with Crippen LogP contribution in [0.25, 0.3) is 10.9 Å². The molecule has 0 bridgehead atoms. The fourth-order valence-corrected chi connectivity index (χ4v) is 2.94. The second-order valence-corrected chi connectivity index (χ2v) is 6.07. The smallest absolute Gasteiger partial charge is 0.120 e. The van der Waals surface area contributed by atoms with Gasteiger partial charge in [-0.2, -0.15) is 0 Å². The minimum atomic E-state index is 0.253. The summed E-state index contributed by atoms with van der Waals surface area (Å²) in [6.45, 7) is 11.8. The molecule has 0 aliphatic heterocycles. The van der Waals surface area contributed by atoms with Crippen molar-refractivity contribution in [2.45, 2.75) is 59.7 Å². The SMILES string of the molecule is CC[C@H](C)Oc1ccc2c(c1)c(CNC)c(C)n2C(C)C. The zero-order chi connectivity index (χ0) is 15.6. The van der Waals surface area contributed by atoms with Crippen molar-refractivity contribution in [1.82, 2.24) is 9.88 Å². The van der Waals surface area contributed by atoms with Gasteiger partial charge in [-0.1, -0.05) is 6.92 Å². The van der Waals surface area contributed by atoms with Crippen LogP contribution in [0.15, 0.2) is 18.2 Å². The van der Waals surface area contributed by atoms with Crippen molar-refractivity contribution >= 4 is 10.9 Å². The van der Waals surface area contributed by atoms with Crippen molar-refractivity contribution in [3.8, 4) is 5.75 Å². The molecule has 2 aromatic rings. The first-order valence-corrected chi connectivity index (χ1v) is 7.94. The Balaban J connectivity index is 2.56. The molecule has 0 amide bonds. The molecule has 21 heavy (non-hydrogen) atoms. The highest BCUT2D eigenvalue weighted by atomic mass is 16.5. The second kappa shape index (κ2) is 6.52. The van der Waals surface area contributed by atoms with Crippen LogP contribution >= 0.6 is 0 Å². The number of nitrogens with zero attached hydrogens (tertiary/aromatic N) is 1. The summed E-state index contributed by atoms with van der Waals surface area (Å²) >= 11 is 0. The molecule has 0 unspecified atom stereocenters. The van der Waals surface area contributed by atoms with Gasteiger partial charge in [0, 0.05) is 29.2 Å². The van der Waals surface area contributed by atoms with Crippen molar-refractivity contribution in [3.05, 3.63) is 29.5 Å². The Morgan fingerprint density at radius 2 is 1.95 bits per heavy atom. The molecule has 1 N–H and O–H groups in total. The third-order valence-corrected chi connectivity index (χ3v) is 4.13. The second-order valence-electron chi connectivity index (χ2n) is 6.07. The minimum absolute atomic E-state index is 0.253. The number of nitrogens with one attached hydrogen (secondary N) is 1. The normalized spacial score (nSPS) is 13.1. The van der Waals surface area contributed by atoms with Gasteiger partial charge >= 0.3 is 0 Å². The molecule has 0 aliphatic carbocycles. The van der Waals surface area contributed by atoms with E-state index >= 15 is 0 Å². The van der Waals surface area contributed by atoms with E-state index in [9.17, 15) is 0 Å². The summed E-state index contributed by atoms with van der Waals surface area (Å²) in [7, 11) is 2.00. The lowest BCUT2D eigenvalue weighted by atomic mass is 10.1. The molecule has 0 saturated heterocycles. The molecule has 1 heterocycles. The van der Waals surface area contributed by atoms with Crippen LogP contribution in [0.3, 0.4) is 0 Å². The fraction of sp³-hybridized carbons (Fsp3) is 0.556. The number of aromatic nitrogens is 1. The Kier molecular flexibility index (Phi) is 4.94. The maximum Gasteiger partial charge on any atom is 0.120 e. The molecule has 1 aromatic heterocycles. The summed E-state index contributed by atoms with van der Waals surface area (Å²) in [5.74, 6) is 0.968. The van der Waals surface area contributed by atoms with Gasteiger partial charge in [0.15, 0.2) is 0 Å². The highest BCUT2D eigenvalue weighted by Gasteiger charge is 2.16. The van der Waals surface area contributed by atoms with Crippen LogP contribution in [-0.4, -0.2) is 17.7 Å². The monoisotopic (exact) mass is 288 g/mol. The van der Waals surface area contributed by atoms with E-state index in [-0.39, 0.29) is 6.10 Å². The molecule has 3 heteroatoms. The van der Waals surface area contributed by atoms with Crippen LogP contribution in [0.4, 0.5) is 0 Å². The number of benzene rings is 1. The molecule has 0 fully saturated rings. The first-order chi connectivity index (χ1) is 9.99. The van der Waals surface area contributed by atoms with E-state index in [1.54, 1.807) is 0 Å². The van der Waals surface area contributed by atoms with Gasteiger partial charge in [-0.15, -0.1) is 0 Å². The summed E-state index contributed by atoms with van der Waals surface area (Å²) in [6, 6.07) is 6.94. The van der Waals surface area contributed by atoms with E-state index in [2.05, 4.69) is 62.7 Å². The fourth-order valence-electron chi connectivity index (χ4n) is 2.94. The molecule has 1 aromatic carbocycles. The number of hydrogen-bond acceptors (Lipinski definition) is 2. The number of rotatable bonds is 6. The maximum absolute atomic E-state index is 5.98. The minimum Gasteiger partial charge on any atom is -0.491 e. The van der Waals surface area contributed by atoms with Crippen molar-refractivity contribution in [1.29, 1.82) is 0 Å². The van der Waals surface area contributed by atoms with Crippen LogP contribution in [0, 0.1) is 6.92 Å². The Morgan fingerprint density at radius 1 is 1.24 bits per heavy atom. The van der Waals surface area contributed by atoms with Crippen LogP contribution in [-0.2, 0) is 6.54 Å². The van der Waals surface area contributed by atoms with Crippen molar-refractivity contribution in [2.75, 3.05) is 7.05 Å². The Hall–Kier alpha value is -1.48. The summed E-state index contributed by atoms with van der Waals surface area (Å²) in [5.41, 5.74) is 4.01. The summed E-state index contributed by atoms with van der Waals surface area (Å²) in [4.78, 5) is 0. The number of ether oxygens (including phenoxy) is 1. The third kappa shape index (κ3) is 3.08. The average Bonchev–Trinajstić information content (AvgIpc) is 2.72. The first-order valence-electron chi connectivity index (χ1n) is 7.94. The molecule has 116 valence electrons. The zero-order valence-electron chi connectivity index (χ0n) is 14.2. The maximum atomic E-state index is 5.98. The largest absolute Gasteiger partial charge is 0.491 e. The van der Waals surface area contributed by atoms with E-state index in [1.807, 2.05) is 7.05 Å². The summed E-state index contributed by atoms with van der Waals surface area (Å²) in [5, 5.41) is 4.59. The highest BCUT2D eigenvalue weighted by molar-refractivity contribution is 5.87. The van der Waals surface area contributed by atoms with Gasteiger partial charge in [-0.05, 0) is 64.9 Å². The van der Waals surface area contributed by atoms with Crippen LogP contribution in [0.1, 0.15) is 51.4 Å². The Bertz CT molecular complexity index is 613. The highest BCUT2D eigenvalue weighted by Crippen LogP contribution is 2.32. The average molecular weight is 288 g/mol. The molecule has 0 saturated carbocycles. The van der Waals surface area contributed by atoms with Crippen LogP contribution < -0.4 is 10.1 Å².